The maximum Gasteiger partial charge on any atom is 0.270 e. The zero-order chi connectivity index (χ0) is 22.8. The molecule has 2 N–H and O–H groups in total. The first-order chi connectivity index (χ1) is 14.7. The summed E-state index contributed by atoms with van der Waals surface area (Å²) in [6, 6.07) is 6.47. The van der Waals surface area contributed by atoms with Gasteiger partial charge >= 0.3 is 0 Å². The Bertz CT molecular complexity index is 1250. The highest BCUT2D eigenvalue weighted by atomic mass is 32.2. The van der Waals surface area contributed by atoms with Crippen molar-refractivity contribution >= 4 is 32.3 Å². The monoisotopic (exact) mass is 457 g/mol. The fourth-order valence-electron chi connectivity index (χ4n) is 2.70. The van der Waals surface area contributed by atoms with Crippen LogP contribution in [-0.4, -0.2) is 40.1 Å². The third kappa shape index (κ3) is 4.54. The quantitative estimate of drug-likeness (QED) is 0.518. The minimum Gasteiger partial charge on any atom is -0.414 e. The molecule has 0 aliphatic rings. The molecule has 1 aromatic carbocycles. The van der Waals surface area contributed by atoms with E-state index in [9.17, 15) is 8.42 Å². The van der Waals surface area contributed by atoms with Crippen molar-refractivity contribution in [1.29, 1.82) is 0 Å². The fourth-order valence-corrected chi connectivity index (χ4v) is 4.42. The molecule has 0 radical (unpaired) electrons. The molecular weight excluding hydrogens is 434 g/mol. The summed E-state index contributed by atoms with van der Waals surface area (Å²) in [5.41, 5.74) is 8.35. The number of thioether (sulfide) groups is 1. The van der Waals surface area contributed by atoms with E-state index in [1.807, 2.05) is 13.2 Å². The summed E-state index contributed by atoms with van der Waals surface area (Å²) in [5, 5.41) is 7.67. The Morgan fingerprint density at radius 2 is 1.90 bits per heavy atom. The normalized spacial score (nSPS) is 12.7. The lowest BCUT2D eigenvalue weighted by Crippen LogP contribution is -2.13. The first-order valence-electron chi connectivity index (χ1n) is 9.37. The molecule has 0 bridgehead atoms. The predicted octanol–water partition coefficient (Wildman–Crippen LogP) is 4.24. The summed E-state index contributed by atoms with van der Waals surface area (Å²) < 4.78 is 30.5. The Morgan fingerprint density at radius 3 is 2.48 bits per heavy atom. The maximum absolute atomic E-state index is 12.3. The fraction of sp³-hybridized carbons (Fsp3) is 0.238. The molecule has 0 amide bonds. The number of hydrogen-bond acceptors (Lipinski definition) is 9. The van der Waals surface area contributed by atoms with E-state index in [-0.39, 0.29) is 22.3 Å². The van der Waals surface area contributed by atoms with Gasteiger partial charge in [-0.3, -0.25) is 0 Å². The van der Waals surface area contributed by atoms with Gasteiger partial charge in [0.25, 0.3) is 11.8 Å². The second-order valence-corrected chi connectivity index (χ2v) is 10.3. The Hall–Kier alpha value is -2.98. The Labute approximate surface area is 185 Å². The van der Waals surface area contributed by atoms with Crippen molar-refractivity contribution in [2.45, 2.75) is 30.9 Å². The van der Waals surface area contributed by atoms with Crippen LogP contribution in [0.2, 0.25) is 0 Å². The number of rotatable bonds is 7. The second kappa shape index (κ2) is 9.03. The van der Waals surface area contributed by atoms with Gasteiger partial charge in [-0.15, -0.1) is 22.0 Å². The van der Waals surface area contributed by atoms with Gasteiger partial charge < -0.3 is 10.2 Å². The number of nitrogens with zero attached hydrogens (tertiary/aromatic N) is 4. The molecule has 0 aliphatic heterocycles. The number of nitrogens with two attached hydrogens (primary N) is 1. The van der Waals surface area contributed by atoms with E-state index in [0.29, 0.717) is 17.1 Å². The van der Waals surface area contributed by atoms with Crippen LogP contribution in [0.4, 0.5) is 5.82 Å². The highest BCUT2D eigenvalue weighted by Gasteiger charge is 2.20. The lowest BCUT2D eigenvalue weighted by Gasteiger charge is -2.09. The molecule has 3 rings (SSSR count). The van der Waals surface area contributed by atoms with Gasteiger partial charge in [-0.05, 0) is 44.7 Å². The van der Waals surface area contributed by atoms with Crippen LogP contribution in [0.25, 0.3) is 27.7 Å². The zero-order valence-electron chi connectivity index (χ0n) is 17.7. The van der Waals surface area contributed by atoms with Crippen LogP contribution < -0.4 is 5.73 Å². The first kappa shape index (κ1) is 22.7. The van der Waals surface area contributed by atoms with Gasteiger partial charge in [0.2, 0.25) is 0 Å². The van der Waals surface area contributed by atoms with E-state index >= 15 is 0 Å². The van der Waals surface area contributed by atoms with Crippen molar-refractivity contribution < 1.29 is 12.8 Å². The van der Waals surface area contributed by atoms with Gasteiger partial charge in [-0.25, -0.2) is 18.4 Å². The molecule has 0 aliphatic carbocycles. The number of allylic oxidation sites excluding steroid dienone is 2. The number of sulfone groups is 1. The van der Waals surface area contributed by atoms with Crippen LogP contribution in [0.15, 0.2) is 58.0 Å². The Kier molecular flexibility index (Phi) is 6.61. The summed E-state index contributed by atoms with van der Waals surface area (Å²) in [5.74, 6) is 0.632. The van der Waals surface area contributed by atoms with E-state index in [0.717, 1.165) is 10.5 Å². The number of hydrogen-bond donors (Lipinski definition) is 1. The Balaban J connectivity index is 2.00. The number of aromatic nitrogens is 4. The van der Waals surface area contributed by atoms with Gasteiger partial charge in [-0.2, -0.15) is 0 Å². The van der Waals surface area contributed by atoms with Crippen molar-refractivity contribution in [2.75, 3.05) is 12.0 Å². The molecule has 0 saturated carbocycles. The molecule has 162 valence electrons. The lowest BCUT2D eigenvalue weighted by molar-refractivity contribution is 0.554. The van der Waals surface area contributed by atoms with E-state index < -0.39 is 15.1 Å². The van der Waals surface area contributed by atoms with E-state index in [1.165, 1.54) is 18.0 Å². The topological polar surface area (TPSA) is 125 Å². The molecule has 0 spiro atoms. The third-order valence-electron chi connectivity index (χ3n) is 4.59. The van der Waals surface area contributed by atoms with Crippen LogP contribution >= 0.6 is 11.8 Å². The van der Waals surface area contributed by atoms with Gasteiger partial charge in [-0.1, -0.05) is 24.8 Å². The summed E-state index contributed by atoms with van der Waals surface area (Å²) in [7, 11) is -3.35. The maximum atomic E-state index is 12.3. The summed E-state index contributed by atoms with van der Waals surface area (Å²) in [4.78, 5) is 9.78. The number of anilines is 1. The van der Waals surface area contributed by atoms with Crippen molar-refractivity contribution in [3.63, 3.8) is 0 Å². The molecule has 0 fully saturated rings. The largest absolute Gasteiger partial charge is 0.414 e. The molecular formula is C21H23N5O3S2. The van der Waals surface area contributed by atoms with Crippen molar-refractivity contribution in [2.24, 2.45) is 0 Å². The van der Waals surface area contributed by atoms with Gasteiger partial charge in [0.1, 0.15) is 0 Å². The minimum absolute atomic E-state index is 0.143. The molecule has 3 aromatic rings. The summed E-state index contributed by atoms with van der Waals surface area (Å²) in [6.07, 6.45) is 5.13. The molecule has 0 atom stereocenters. The highest BCUT2D eigenvalue weighted by molar-refractivity contribution is 8.07. The average molecular weight is 458 g/mol. The molecule has 8 nitrogen and oxygen atoms in total. The minimum atomic E-state index is -3.35. The molecule has 31 heavy (non-hydrogen) atoms. The van der Waals surface area contributed by atoms with Crippen LogP contribution in [0.3, 0.4) is 0 Å². The average Bonchev–Trinajstić information content (AvgIpc) is 3.24. The Morgan fingerprint density at radius 1 is 1.23 bits per heavy atom. The summed E-state index contributed by atoms with van der Waals surface area (Å²) in [6.45, 7) is 8.97. The number of nitrogen functional groups attached to an aromatic ring is 1. The van der Waals surface area contributed by atoms with Crippen molar-refractivity contribution in [1.82, 2.24) is 20.2 Å². The lowest BCUT2D eigenvalue weighted by atomic mass is 10.1. The SMILES string of the molecule is C=C/C(C)=C(\SC)c1nnc(-c2nc(-c3ccc(S(=O)(=O)C(C)C)cc3)cnc2N)o1. The molecule has 0 saturated heterocycles. The van der Waals surface area contributed by atoms with Crippen molar-refractivity contribution in [3.8, 4) is 22.8 Å². The van der Waals surface area contributed by atoms with Gasteiger partial charge in [0.05, 0.1) is 26.9 Å². The third-order valence-corrected chi connectivity index (χ3v) is 7.67. The van der Waals surface area contributed by atoms with Crippen LogP contribution in [0.1, 0.15) is 26.7 Å². The molecule has 2 aromatic heterocycles. The van der Waals surface area contributed by atoms with E-state index in [1.54, 1.807) is 44.2 Å². The summed E-state index contributed by atoms with van der Waals surface area (Å²) >= 11 is 1.47. The molecule has 10 heteroatoms. The van der Waals surface area contributed by atoms with Gasteiger partial charge in [0.15, 0.2) is 21.3 Å². The second-order valence-electron chi connectivity index (χ2n) is 6.94. The first-order valence-corrected chi connectivity index (χ1v) is 12.1. The highest BCUT2D eigenvalue weighted by Crippen LogP contribution is 2.32. The van der Waals surface area contributed by atoms with Crippen LogP contribution in [0, 0.1) is 0 Å². The zero-order valence-corrected chi connectivity index (χ0v) is 19.3. The standard InChI is InChI=1S/C21H23N5O3S2/c1-6-13(4)18(30-5)21-26-25-20(29-21)17-19(22)23-11-16(24-17)14-7-9-15(10-8-14)31(27,28)12(2)3/h6-12H,1H2,2-5H3,(H2,22,23)/b18-13-. The van der Waals surface area contributed by atoms with E-state index in [4.69, 9.17) is 10.2 Å². The van der Waals surface area contributed by atoms with Crippen molar-refractivity contribution in [3.05, 3.63) is 54.6 Å². The molecule has 2 heterocycles. The van der Waals surface area contributed by atoms with Crippen LogP contribution in [-0.2, 0) is 9.84 Å². The van der Waals surface area contributed by atoms with Gasteiger partial charge in [0, 0.05) is 5.56 Å². The number of benzene rings is 1. The smallest absolute Gasteiger partial charge is 0.270 e. The molecule has 0 unspecified atom stereocenters. The van der Waals surface area contributed by atoms with E-state index in [2.05, 4.69) is 26.7 Å². The predicted molar refractivity (Wildman–Crippen MR) is 124 cm³/mol. The van der Waals surface area contributed by atoms with Crippen LogP contribution in [0.5, 0.6) is 0 Å².